The lowest BCUT2D eigenvalue weighted by Gasteiger charge is -2.12. The summed E-state index contributed by atoms with van der Waals surface area (Å²) in [5, 5.41) is 11.2. The number of H-pyrrole nitrogens is 2. The second-order valence-corrected chi connectivity index (χ2v) is 11.6. The van der Waals surface area contributed by atoms with Crippen molar-refractivity contribution < 1.29 is 13.9 Å². The van der Waals surface area contributed by atoms with Gasteiger partial charge in [0.05, 0.1) is 22.8 Å². The molecule has 0 bridgehead atoms. The summed E-state index contributed by atoms with van der Waals surface area (Å²) in [5.41, 5.74) is 5.93. The number of benzene rings is 1. The van der Waals surface area contributed by atoms with Crippen molar-refractivity contribution in [3.8, 4) is 39.5 Å². The number of nitrogens with one attached hydrogen (secondary N) is 3. The van der Waals surface area contributed by atoms with E-state index in [2.05, 4.69) is 35.5 Å². The number of hydrogen-bond donors (Lipinski definition) is 3. The normalized spacial score (nSPS) is 13.7. The monoisotopic (exact) mass is 605 g/mol. The first-order chi connectivity index (χ1) is 21.9. The van der Waals surface area contributed by atoms with Crippen LogP contribution in [0.4, 0.5) is 10.1 Å². The van der Waals surface area contributed by atoms with Crippen LogP contribution in [0.5, 0.6) is 5.75 Å². The molecule has 0 atom stereocenters. The molecular weight excluding hydrogens is 573 g/mol. The van der Waals surface area contributed by atoms with Crippen LogP contribution in [0.3, 0.4) is 0 Å². The number of nitrogens with zero attached hydrogens (tertiary/aromatic N) is 6. The molecule has 0 saturated heterocycles. The largest absolute Gasteiger partial charge is 0.492 e. The maximum absolute atomic E-state index is 14.7. The fourth-order valence-electron chi connectivity index (χ4n) is 5.75. The van der Waals surface area contributed by atoms with Crippen molar-refractivity contribution in [1.82, 2.24) is 40.0 Å². The summed E-state index contributed by atoms with van der Waals surface area (Å²) in [6, 6.07) is 10.3. The third-order valence-electron chi connectivity index (χ3n) is 8.09. The molecular formula is C33H32FN9O2. The van der Waals surface area contributed by atoms with Gasteiger partial charge in [-0.05, 0) is 62.8 Å². The fourth-order valence-corrected chi connectivity index (χ4v) is 5.75. The van der Waals surface area contributed by atoms with Crippen LogP contribution in [-0.2, 0) is 4.79 Å². The smallest absolute Gasteiger partial charge is 0.227 e. The number of likely N-dealkylation sites (N-methyl/N-ethyl adjacent to an activating group) is 1. The van der Waals surface area contributed by atoms with Gasteiger partial charge < -0.3 is 19.9 Å². The van der Waals surface area contributed by atoms with Gasteiger partial charge in [-0.3, -0.25) is 14.9 Å². The third-order valence-corrected chi connectivity index (χ3v) is 8.09. The molecule has 1 saturated carbocycles. The maximum Gasteiger partial charge on any atom is 0.227 e. The van der Waals surface area contributed by atoms with E-state index in [-0.39, 0.29) is 11.8 Å². The van der Waals surface area contributed by atoms with E-state index < -0.39 is 5.82 Å². The molecule has 228 valence electrons. The first-order valence-corrected chi connectivity index (χ1v) is 15.0. The molecule has 7 rings (SSSR count). The molecule has 0 radical (unpaired) electrons. The Balaban J connectivity index is 1.20. The molecule has 1 aromatic carbocycles. The van der Waals surface area contributed by atoms with E-state index >= 15 is 0 Å². The minimum absolute atomic E-state index is 0.0429. The molecule has 0 aliphatic heterocycles. The van der Waals surface area contributed by atoms with Crippen LogP contribution in [0.25, 0.3) is 56.0 Å². The quantitative estimate of drug-likeness (QED) is 0.187. The highest BCUT2D eigenvalue weighted by molar-refractivity contribution is 5.97. The average Bonchev–Trinajstić information content (AvgIpc) is 3.80. The van der Waals surface area contributed by atoms with Crippen LogP contribution in [-0.4, -0.2) is 73.2 Å². The number of anilines is 1. The number of carbonyl (C=O) groups is 1. The van der Waals surface area contributed by atoms with Crippen molar-refractivity contribution in [3.05, 3.63) is 67.0 Å². The number of ether oxygens (including phenoxy) is 1. The van der Waals surface area contributed by atoms with Crippen LogP contribution < -0.4 is 10.1 Å². The summed E-state index contributed by atoms with van der Waals surface area (Å²) in [4.78, 5) is 36.2. The Labute approximate surface area is 258 Å². The summed E-state index contributed by atoms with van der Waals surface area (Å²) < 4.78 is 20.5. The van der Waals surface area contributed by atoms with Gasteiger partial charge in [-0.1, -0.05) is 12.8 Å². The Hall–Kier alpha value is -5.23. The molecule has 0 unspecified atom stereocenters. The van der Waals surface area contributed by atoms with E-state index in [0.717, 1.165) is 47.8 Å². The average molecular weight is 606 g/mol. The Morgan fingerprint density at radius 3 is 2.71 bits per heavy atom. The predicted molar refractivity (Wildman–Crippen MR) is 170 cm³/mol. The number of aromatic amines is 2. The Morgan fingerprint density at radius 2 is 1.87 bits per heavy atom. The summed E-state index contributed by atoms with van der Waals surface area (Å²) in [6.45, 7) is 1.15. The number of carbonyl (C=O) groups excluding carboxylic acids is 1. The lowest BCUT2D eigenvalue weighted by Crippen LogP contribution is -2.20. The van der Waals surface area contributed by atoms with Gasteiger partial charge in [0.15, 0.2) is 17.1 Å². The van der Waals surface area contributed by atoms with Crippen molar-refractivity contribution >= 4 is 33.8 Å². The molecule has 12 heteroatoms. The fraction of sp³-hybridized carbons (Fsp3) is 0.273. The van der Waals surface area contributed by atoms with Crippen molar-refractivity contribution in [1.29, 1.82) is 0 Å². The van der Waals surface area contributed by atoms with E-state index in [1.54, 1.807) is 24.8 Å². The molecule has 45 heavy (non-hydrogen) atoms. The minimum atomic E-state index is -0.396. The van der Waals surface area contributed by atoms with Crippen LogP contribution in [0.1, 0.15) is 25.7 Å². The highest BCUT2D eigenvalue weighted by Gasteiger charge is 2.23. The van der Waals surface area contributed by atoms with Gasteiger partial charge in [0.25, 0.3) is 0 Å². The Kier molecular flexibility index (Phi) is 7.64. The number of imidazole rings is 1. The van der Waals surface area contributed by atoms with Crippen molar-refractivity contribution in [2.24, 2.45) is 5.92 Å². The lowest BCUT2D eigenvalue weighted by molar-refractivity contribution is -0.119. The maximum atomic E-state index is 14.7. The van der Waals surface area contributed by atoms with Crippen molar-refractivity contribution in [3.63, 3.8) is 0 Å². The Bertz CT molecular complexity index is 2010. The van der Waals surface area contributed by atoms with Gasteiger partial charge in [0, 0.05) is 53.8 Å². The van der Waals surface area contributed by atoms with Gasteiger partial charge in [-0.2, -0.15) is 5.10 Å². The highest BCUT2D eigenvalue weighted by Crippen LogP contribution is 2.34. The zero-order valence-electron chi connectivity index (χ0n) is 25.0. The first kappa shape index (κ1) is 28.5. The van der Waals surface area contributed by atoms with E-state index in [9.17, 15) is 9.18 Å². The number of amides is 1. The topological polar surface area (TPSA) is 138 Å². The Morgan fingerprint density at radius 1 is 1.02 bits per heavy atom. The molecule has 1 fully saturated rings. The number of fused-ring (bicyclic) bond motifs is 2. The zero-order chi connectivity index (χ0) is 30.9. The van der Waals surface area contributed by atoms with E-state index in [4.69, 9.17) is 9.72 Å². The van der Waals surface area contributed by atoms with E-state index in [0.29, 0.717) is 58.5 Å². The van der Waals surface area contributed by atoms with Gasteiger partial charge in [-0.15, -0.1) is 0 Å². The predicted octanol–water partition coefficient (Wildman–Crippen LogP) is 5.83. The summed E-state index contributed by atoms with van der Waals surface area (Å²) in [7, 11) is 3.91. The lowest BCUT2D eigenvalue weighted by atomic mass is 10.1. The molecule has 1 amide bonds. The number of rotatable bonds is 9. The van der Waals surface area contributed by atoms with Crippen LogP contribution in [0.2, 0.25) is 0 Å². The molecule has 6 aromatic rings. The van der Waals surface area contributed by atoms with Crippen molar-refractivity contribution in [2.45, 2.75) is 25.7 Å². The molecule has 1 aliphatic rings. The highest BCUT2D eigenvalue weighted by atomic mass is 19.1. The van der Waals surface area contributed by atoms with Crippen LogP contribution in [0, 0.1) is 11.7 Å². The number of pyridine rings is 3. The second kappa shape index (κ2) is 12.0. The third kappa shape index (κ3) is 5.96. The molecule has 5 aromatic heterocycles. The molecule has 11 nitrogen and oxygen atoms in total. The zero-order valence-corrected chi connectivity index (χ0v) is 25.0. The van der Waals surface area contributed by atoms with E-state index in [1.165, 1.54) is 12.1 Å². The van der Waals surface area contributed by atoms with Gasteiger partial charge in [0.2, 0.25) is 5.91 Å². The number of halogens is 1. The first-order valence-electron chi connectivity index (χ1n) is 15.0. The molecule has 0 spiro atoms. The van der Waals surface area contributed by atoms with Crippen LogP contribution >= 0.6 is 0 Å². The molecule has 1 aliphatic carbocycles. The van der Waals surface area contributed by atoms with E-state index in [1.807, 2.05) is 43.3 Å². The van der Waals surface area contributed by atoms with Crippen LogP contribution in [0.15, 0.2) is 61.2 Å². The molecule has 5 heterocycles. The van der Waals surface area contributed by atoms with Gasteiger partial charge >= 0.3 is 0 Å². The second-order valence-electron chi connectivity index (χ2n) is 11.6. The number of aromatic nitrogens is 7. The van der Waals surface area contributed by atoms with Gasteiger partial charge in [0.1, 0.15) is 23.9 Å². The SMILES string of the molecule is CN(C)CCOc1cc(F)cc(-c2ccnc3nc(-c4[nH]nc5ncc(-c6cncc(NC(=O)C7CCCC7)c6)cc45)[nH]c23)c1. The van der Waals surface area contributed by atoms with Crippen molar-refractivity contribution in [2.75, 3.05) is 32.6 Å². The standard InChI is InChI=1S/C33H32FN9O2/c1-43(2)9-10-45-25-13-20(11-23(34)15-25)26-7-8-36-31-28(26)39-32(40-31)29-27-14-22(17-37-30(27)42-41-29)21-12-24(18-35-16-21)38-33(44)19-5-3-4-6-19/h7-8,11-19H,3-6,9-10H2,1-2H3,(H,38,44)(H,36,39,40)(H,37,41,42). The minimum Gasteiger partial charge on any atom is -0.492 e. The molecule has 3 N–H and O–H groups in total. The number of hydrogen-bond acceptors (Lipinski definition) is 8. The summed E-state index contributed by atoms with van der Waals surface area (Å²) in [6.07, 6.45) is 10.8. The summed E-state index contributed by atoms with van der Waals surface area (Å²) >= 11 is 0. The van der Waals surface area contributed by atoms with Gasteiger partial charge in [-0.25, -0.2) is 19.3 Å². The summed E-state index contributed by atoms with van der Waals surface area (Å²) in [5.74, 6) is 0.670.